The van der Waals surface area contributed by atoms with Crippen molar-refractivity contribution in [3.05, 3.63) is 0 Å². The summed E-state index contributed by atoms with van der Waals surface area (Å²) < 4.78 is 24.8. The summed E-state index contributed by atoms with van der Waals surface area (Å²) >= 11 is 0. The smallest absolute Gasteiger partial charge is 0.240 e. The molecule has 0 bridgehead atoms. The minimum absolute atomic E-state index is 0.124. The zero-order valence-electron chi connectivity index (χ0n) is 8.41. The summed E-state index contributed by atoms with van der Waals surface area (Å²) in [4.78, 5) is 11.5. The molecule has 0 spiro atoms. The minimum Gasteiger partial charge on any atom is -0.329 e. The van der Waals surface area contributed by atoms with Crippen LogP contribution < -0.4 is 10.5 Å². The lowest BCUT2D eigenvalue weighted by atomic mass is 9.93. The van der Waals surface area contributed by atoms with Crippen LogP contribution in [0.5, 0.6) is 0 Å². The second kappa shape index (κ2) is 3.51. The fraction of sp³-hybridized carbons (Fsp3) is 0.875. The SMILES string of the molecule is CC(C)(CN)C(=O)NS(=O)(=O)C1CC1. The second-order valence-corrected chi connectivity index (χ2v) is 6.22. The van der Waals surface area contributed by atoms with Crippen molar-refractivity contribution >= 4 is 15.9 Å². The van der Waals surface area contributed by atoms with Gasteiger partial charge in [0.05, 0.1) is 10.7 Å². The number of hydrogen-bond donors (Lipinski definition) is 2. The van der Waals surface area contributed by atoms with E-state index in [1.807, 2.05) is 0 Å². The molecule has 0 aromatic heterocycles. The van der Waals surface area contributed by atoms with Crippen LogP contribution in [0.15, 0.2) is 0 Å². The van der Waals surface area contributed by atoms with E-state index in [1.54, 1.807) is 13.8 Å². The molecule has 1 saturated carbocycles. The Hall–Kier alpha value is -0.620. The van der Waals surface area contributed by atoms with Gasteiger partial charge in [-0.05, 0) is 26.7 Å². The summed E-state index contributed by atoms with van der Waals surface area (Å²) in [6.45, 7) is 3.36. The Bertz CT molecular complexity index is 330. The van der Waals surface area contributed by atoms with Gasteiger partial charge < -0.3 is 5.73 Å². The van der Waals surface area contributed by atoms with Crippen molar-refractivity contribution in [1.29, 1.82) is 0 Å². The third kappa shape index (κ3) is 2.45. The van der Waals surface area contributed by atoms with E-state index >= 15 is 0 Å². The second-order valence-electron chi connectivity index (χ2n) is 4.26. The van der Waals surface area contributed by atoms with Gasteiger partial charge in [0.1, 0.15) is 0 Å². The Balaban J connectivity index is 2.65. The number of hydrogen-bond acceptors (Lipinski definition) is 4. The van der Waals surface area contributed by atoms with Gasteiger partial charge in [-0.2, -0.15) is 0 Å². The fourth-order valence-electron chi connectivity index (χ4n) is 0.822. The molecule has 1 rings (SSSR count). The molecular weight excluding hydrogens is 204 g/mol. The molecule has 1 amide bonds. The molecule has 6 heteroatoms. The molecule has 1 aliphatic rings. The first-order valence-corrected chi connectivity index (χ1v) is 6.10. The minimum atomic E-state index is -3.43. The number of rotatable bonds is 4. The molecule has 1 fully saturated rings. The summed E-state index contributed by atoms with van der Waals surface area (Å²) in [5, 5.41) is -0.375. The quantitative estimate of drug-likeness (QED) is 0.673. The summed E-state index contributed by atoms with van der Waals surface area (Å²) in [7, 11) is -3.43. The summed E-state index contributed by atoms with van der Waals surface area (Å²) in [6.07, 6.45) is 1.29. The van der Waals surface area contributed by atoms with Gasteiger partial charge >= 0.3 is 0 Å². The summed E-state index contributed by atoms with van der Waals surface area (Å²) in [5.74, 6) is -0.521. The van der Waals surface area contributed by atoms with Crippen molar-refractivity contribution in [2.24, 2.45) is 11.1 Å². The van der Waals surface area contributed by atoms with Gasteiger partial charge in [0.25, 0.3) is 0 Å². The normalized spacial score (nSPS) is 17.9. The molecule has 0 unspecified atom stereocenters. The van der Waals surface area contributed by atoms with Gasteiger partial charge in [-0.1, -0.05) is 0 Å². The predicted molar refractivity (Wildman–Crippen MR) is 52.9 cm³/mol. The lowest BCUT2D eigenvalue weighted by Crippen LogP contribution is -2.45. The number of sulfonamides is 1. The highest BCUT2D eigenvalue weighted by Crippen LogP contribution is 2.28. The first-order chi connectivity index (χ1) is 6.29. The maximum absolute atomic E-state index is 11.5. The van der Waals surface area contributed by atoms with Gasteiger partial charge in [0, 0.05) is 6.54 Å². The van der Waals surface area contributed by atoms with Crippen LogP contribution in [-0.4, -0.2) is 26.1 Å². The average molecular weight is 220 g/mol. The highest BCUT2D eigenvalue weighted by atomic mass is 32.2. The lowest BCUT2D eigenvalue weighted by molar-refractivity contribution is -0.126. The van der Waals surface area contributed by atoms with E-state index in [0.29, 0.717) is 12.8 Å². The monoisotopic (exact) mass is 220 g/mol. The van der Waals surface area contributed by atoms with Crippen LogP contribution in [0, 0.1) is 5.41 Å². The topological polar surface area (TPSA) is 89.3 Å². The Labute approximate surface area is 84.1 Å². The standard InChI is InChI=1S/C8H16N2O3S/c1-8(2,5-9)7(11)10-14(12,13)6-3-4-6/h6H,3-5,9H2,1-2H3,(H,10,11). The summed E-state index contributed by atoms with van der Waals surface area (Å²) in [5.41, 5.74) is 4.53. The van der Waals surface area contributed by atoms with E-state index in [-0.39, 0.29) is 11.8 Å². The number of amides is 1. The first-order valence-electron chi connectivity index (χ1n) is 4.56. The van der Waals surface area contributed by atoms with Crippen LogP contribution in [-0.2, 0) is 14.8 Å². The van der Waals surface area contributed by atoms with E-state index in [1.165, 1.54) is 0 Å². The van der Waals surface area contributed by atoms with E-state index in [9.17, 15) is 13.2 Å². The number of nitrogens with two attached hydrogens (primary N) is 1. The highest BCUT2D eigenvalue weighted by Gasteiger charge is 2.39. The van der Waals surface area contributed by atoms with E-state index in [2.05, 4.69) is 4.72 Å². The number of nitrogens with one attached hydrogen (secondary N) is 1. The van der Waals surface area contributed by atoms with E-state index < -0.39 is 21.3 Å². The van der Waals surface area contributed by atoms with Crippen molar-refractivity contribution in [2.75, 3.05) is 6.54 Å². The molecule has 0 aromatic carbocycles. The largest absolute Gasteiger partial charge is 0.329 e. The maximum Gasteiger partial charge on any atom is 0.240 e. The van der Waals surface area contributed by atoms with E-state index in [4.69, 9.17) is 5.73 Å². The fourth-order valence-corrected chi connectivity index (χ4v) is 2.28. The molecule has 0 aliphatic heterocycles. The van der Waals surface area contributed by atoms with Crippen LogP contribution in [0.1, 0.15) is 26.7 Å². The Morgan fingerprint density at radius 3 is 2.36 bits per heavy atom. The van der Waals surface area contributed by atoms with Crippen LogP contribution >= 0.6 is 0 Å². The first kappa shape index (κ1) is 11.5. The average Bonchev–Trinajstić information content (AvgIpc) is 2.85. The third-order valence-electron chi connectivity index (χ3n) is 2.32. The maximum atomic E-state index is 11.5. The van der Waals surface area contributed by atoms with Gasteiger partial charge in [0.2, 0.25) is 15.9 Å². The Morgan fingerprint density at radius 2 is 2.00 bits per heavy atom. The lowest BCUT2D eigenvalue weighted by Gasteiger charge is -2.20. The molecule has 82 valence electrons. The van der Waals surface area contributed by atoms with Crippen molar-refractivity contribution in [1.82, 2.24) is 4.72 Å². The molecule has 0 radical (unpaired) electrons. The number of carbonyl (C=O) groups is 1. The van der Waals surface area contributed by atoms with Gasteiger partial charge in [-0.15, -0.1) is 0 Å². The van der Waals surface area contributed by atoms with E-state index in [0.717, 1.165) is 0 Å². The number of carbonyl (C=O) groups excluding carboxylic acids is 1. The molecule has 0 aromatic rings. The highest BCUT2D eigenvalue weighted by molar-refractivity contribution is 7.90. The zero-order chi connectivity index (χ0) is 11.0. The Morgan fingerprint density at radius 1 is 1.50 bits per heavy atom. The summed E-state index contributed by atoms with van der Waals surface area (Å²) in [6, 6.07) is 0. The zero-order valence-corrected chi connectivity index (χ0v) is 9.23. The van der Waals surface area contributed by atoms with Crippen molar-refractivity contribution in [2.45, 2.75) is 31.9 Å². The van der Waals surface area contributed by atoms with Crippen molar-refractivity contribution in [3.8, 4) is 0 Å². The molecule has 3 N–H and O–H groups in total. The van der Waals surface area contributed by atoms with Crippen LogP contribution in [0.4, 0.5) is 0 Å². The van der Waals surface area contributed by atoms with Gasteiger partial charge in [-0.3, -0.25) is 9.52 Å². The van der Waals surface area contributed by atoms with Crippen LogP contribution in [0.3, 0.4) is 0 Å². The molecule has 0 saturated heterocycles. The molecule has 0 heterocycles. The Kier molecular flexibility index (Phi) is 2.87. The van der Waals surface area contributed by atoms with Gasteiger partial charge in [0.15, 0.2) is 0 Å². The van der Waals surface area contributed by atoms with Crippen molar-refractivity contribution < 1.29 is 13.2 Å². The van der Waals surface area contributed by atoms with Crippen molar-refractivity contribution in [3.63, 3.8) is 0 Å². The molecule has 1 aliphatic carbocycles. The molecule has 0 atom stereocenters. The predicted octanol–water partition coefficient (Wildman–Crippen LogP) is -0.420. The molecular formula is C8H16N2O3S. The van der Waals surface area contributed by atoms with Gasteiger partial charge in [-0.25, -0.2) is 8.42 Å². The van der Waals surface area contributed by atoms with Crippen LogP contribution in [0.2, 0.25) is 0 Å². The molecule has 14 heavy (non-hydrogen) atoms. The van der Waals surface area contributed by atoms with Crippen LogP contribution in [0.25, 0.3) is 0 Å². The molecule has 5 nitrogen and oxygen atoms in total. The third-order valence-corrected chi connectivity index (χ3v) is 4.14.